The van der Waals surface area contributed by atoms with Crippen LogP contribution in [0.4, 0.5) is 22.0 Å². The molecule has 9 nitrogen and oxygen atoms in total. The standard InChI is InChI=1S/C29H28F5N5O4.C2H4/c1-16-24(17-4-6-19(42-2)7-5-17)36-27-21(14-35-39(27)26(16)29(32,33)34)28(41)38-10-8-37(9-11-38)23(15-40)20-12-18(30)13-22(31)25(20)43-3;1-2/h4-7,12-14,23,40H,8-11,15H2,1-3H3;1-2H2/t23-;/m1./s1. The van der Waals surface area contributed by atoms with E-state index in [4.69, 9.17) is 9.47 Å². The SMILES string of the molecule is C=C.COc1ccc(-c2nc3c(C(=O)N4CCN([C@H](CO)c5cc(F)cc(F)c5OC)CC4)cnn3c(C(F)(F)F)c2C)cc1. The minimum Gasteiger partial charge on any atom is -0.497 e. The topological polar surface area (TPSA) is 92.4 Å². The number of methoxy groups -OCH3 is 2. The quantitative estimate of drug-likeness (QED) is 0.218. The van der Waals surface area contributed by atoms with Crippen LogP contribution in [-0.2, 0) is 6.18 Å². The number of aliphatic hydroxyl groups is 1. The number of fused-ring (bicyclic) bond motifs is 1. The van der Waals surface area contributed by atoms with Crippen LogP contribution in [0.3, 0.4) is 0 Å². The third-order valence-electron chi connectivity index (χ3n) is 7.56. The van der Waals surface area contributed by atoms with Crippen molar-refractivity contribution in [3.05, 3.63) is 89.8 Å². The third-order valence-corrected chi connectivity index (χ3v) is 7.56. The average molecular weight is 634 g/mol. The second kappa shape index (κ2) is 13.6. The first-order valence-corrected chi connectivity index (χ1v) is 13.8. The smallest absolute Gasteiger partial charge is 0.433 e. The molecule has 1 N–H and O–H groups in total. The molecule has 5 rings (SSSR count). The number of piperazine rings is 1. The lowest BCUT2D eigenvalue weighted by Gasteiger charge is -2.39. The Bertz CT molecular complexity index is 1670. The number of carbonyl (C=O) groups excluding carboxylic acids is 1. The van der Waals surface area contributed by atoms with Crippen LogP contribution in [0, 0.1) is 18.6 Å². The van der Waals surface area contributed by atoms with Crippen LogP contribution in [0.2, 0.25) is 0 Å². The molecular formula is C31H32F5N5O4. The summed E-state index contributed by atoms with van der Waals surface area (Å²) < 4.78 is 82.0. The zero-order valence-electron chi connectivity index (χ0n) is 24.9. The van der Waals surface area contributed by atoms with Gasteiger partial charge in [0.2, 0.25) is 0 Å². The number of nitrogens with zero attached hydrogens (tertiary/aromatic N) is 5. The van der Waals surface area contributed by atoms with E-state index in [-0.39, 0.29) is 60.0 Å². The lowest BCUT2D eigenvalue weighted by molar-refractivity contribution is -0.143. The molecule has 0 spiro atoms. The number of hydrogen-bond donors (Lipinski definition) is 1. The molecule has 45 heavy (non-hydrogen) atoms. The van der Waals surface area contributed by atoms with Gasteiger partial charge in [-0.05, 0) is 37.3 Å². The largest absolute Gasteiger partial charge is 0.497 e. The number of aliphatic hydroxyl groups excluding tert-OH is 1. The second-order valence-electron chi connectivity index (χ2n) is 9.99. The Hall–Kier alpha value is -4.56. The van der Waals surface area contributed by atoms with Crippen molar-refractivity contribution in [2.75, 3.05) is 47.0 Å². The highest BCUT2D eigenvalue weighted by Crippen LogP contribution is 2.37. The Kier molecular flexibility index (Phi) is 10.1. The number of aromatic nitrogens is 3. The summed E-state index contributed by atoms with van der Waals surface area (Å²) >= 11 is 0. The number of amides is 1. The van der Waals surface area contributed by atoms with Crippen LogP contribution in [0.1, 0.15) is 33.2 Å². The zero-order chi connectivity index (χ0) is 33.1. The fourth-order valence-corrected chi connectivity index (χ4v) is 5.45. The molecule has 0 bridgehead atoms. The molecule has 0 aliphatic carbocycles. The minimum atomic E-state index is -4.79. The molecule has 1 saturated heterocycles. The van der Waals surface area contributed by atoms with Crippen LogP contribution >= 0.6 is 0 Å². The monoisotopic (exact) mass is 633 g/mol. The molecule has 0 radical (unpaired) electrons. The van der Waals surface area contributed by atoms with Crippen molar-refractivity contribution in [2.45, 2.75) is 19.1 Å². The molecule has 2 aromatic heterocycles. The van der Waals surface area contributed by atoms with E-state index in [1.165, 1.54) is 26.0 Å². The first-order chi connectivity index (χ1) is 21.5. The summed E-state index contributed by atoms with van der Waals surface area (Å²) in [7, 11) is 2.71. The van der Waals surface area contributed by atoms with Crippen LogP contribution in [0.15, 0.2) is 55.8 Å². The number of ether oxygens (including phenoxy) is 2. The lowest BCUT2D eigenvalue weighted by Crippen LogP contribution is -2.50. The summed E-state index contributed by atoms with van der Waals surface area (Å²) in [5.41, 5.74) is -0.988. The first kappa shape index (κ1) is 33.3. The van der Waals surface area contributed by atoms with Gasteiger partial charge in [0.25, 0.3) is 5.91 Å². The van der Waals surface area contributed by atoms with Crippen molar-refractivity contribution in [1.82, 2.24) is 24.4 Å². The molecule has 1 atom stereocenters. The lowest BCUT2D eigenvalue weighted by atomic mass is 10.0. The fraction of sp³-hybridized carbons (Fsp3) is 0.323. The van der Waals surface area contributed by atoms with E-state index >= 15 is 0 Å². The predicted octanol–water partition coefficient (Wildman–Crippen LogP) is 5.31. The van der Waals surface area contributed by atoms with Gasteiger partial charge in [-0.1, -0.05) is 0 Å². The van der Waals surface area contributed by atoms with Gasteiger partial charge < -0.3 is 19.5 Å². The highest BCUT2D eigenvalue weighted by atomic mass is 19.4. The van der Waals surface area contributed by atoms with Gasteiger partial charge in [0.05, 0.1) is 38.8 Å². The summed E-state index contributed by atoms with van der Waals surface area (Å²) in [6.45, 7) is 7.48. The van der Waals surface area contributed by atoms with E-state index in [0.29, 0.717) is 21.9 Å². The Morgan fingerprint density at radius 1 is 1.04 bits per heavy atom. The van der Waals surface area contributed by atoms with Crippen molar-refractivity contribution in [3.8, 4) is 22.8 Å². The van der Waals surface area contributed by atoms with Crippen LogP contribution in [0.25, 0.3) is 16.9 Å². The van der Waals surface area contributed by atoms with Crippen molar-refractivity contribution in [3.63, 3.8) is 0 Å². The van der Waals surface area contributed by atoms with Crippen molar-refractivity contribution in [1.29, 1.82) is 0 Å². The second-order valence-corrected chi connectivity index (χ2v) is 9.99. The van der Waals surface area contributed by atoms with Gasteiger partial charge in [-0.15, -0.1) is 13.2 Å². The number of benzene rings is 2. The maximum absolute atomic E-state index is 14.3. The highest BCUT2D eigenvalue weighted by Gasteiger charge is 2.39. The third kappa shape index (κ3) is 6.47. The summed E-state index contributed by atoms with van der Waals surface area (Å²) in [5, 5.41) is 14.0. The van der Waals surface area contributed by atoms with Gasteiger partial charge in [0, 0.05) is 48.9 Å². The van der Waals surface area contributed by atoms with Crippen molar-refractivity contribution >= 4 is 11.6 Å². The molecule has 1 fully saturated rings. The van der Waals surface area contributed by atoms with E-state index in [1.54, 1.807) is 29.2 Å². The van der Waals surface area contributed by atoms with Crippen LogP contribution in [-0.4, -0.2) is 82.4 Å². The molecule has 3 heterocycles. The molecule has 240 valence electrons. The Morgan fingerprint density at radius 2 is 1.69 bits per heavy atom. The van der Waals surface area contributed by atoms with E-state index in [0.717, 1.165) is 12.3 Å². The van der Waals surface area contributed by atoms with Gasteiger partial charge in [-0.25, -0.2) is 18.3 Å². The molecule has 14 heteroatoms. The van der Waals surface area contributed by atoms with Gasteiger partial charge in [0.1, 0.15) is 17.1 Å². The molecule has 1 aliphatic heterocycles. The van der Waals surface area contributed by atoms with E-state index in [2.05, 4.69) is 23.2 Å². The summed E-state index contributed by atoms with van der Waals surface area (Å²) in [4.78, 5) is 21.3. The van der Waals surface area contributed by atoms with Crippen LogP contribution < -0.4 is 9.47 Å². The Morgan fingerprint density at radius 3 is 2.24 bits per heavy atom. The van der Waals surface area contributed by atoms with E-state index < -0.39 is 42.1 Å². The molecule has 2 aromatic carbocycles. The van der Waals surface area contributed by atoms with Crippen molar-refractivity contribution in [2.24, 2.45) is 0 Å². The van der Waals surface area contributed by atoms with Crippen molar-refractivity contribution < 1.29 is 41.3 Å². The average Bonchev–Trinajstić information content (AvgIpc) is 3.44. The normalized spacial score (nSPS) is 14.6. The molecule has 1 amide bonds. The van der Waals surface area contributed by atoms with Crippen LogP contribution in [0.5, 0.6) is 11.5 Å². The van der Waals surface area contributed by atoms with E-state index in [9.17, 15) is 31.9 Å². The molecule has 1 aliphatic rings. The predicted molar refractivity (Wildman–Crippen MR) is 156 cm³/mol. The first-order valence-electron chi connectivity index (χ1n) is 13.8. The van der Waals surface area contributed by atoms with Gasteiger partial charge in [0.15, 0.2) is 22.9 Å². The summed E-state index contributed by atoms with van der Waals surface area (Å²) in [6, 6.07) is 7.32. The Balaban J connectivity index is 0.00000226. The minimum absolute atomic E-state index is 0.0453. The number of hydrogen-bond acceptors (Lipinski definition) is 7. The van der Waals surface area contributed by atoms with Gasteiger partial charge in [-0.3, -0.25) is 9.69 Å². The fourth-order valence-electron chi connectivity index (χ4n) is 5.45. The van der Waals surface area contributed by atoms with Gasteiger partial charge >= 0.3 is 6.18 Å². The molecular weight excluding hydrogens is 601 g/mol. The molecule has 0 saturated carbocycles. The molecule has 4 aromatic rings. The highest BCUT2D eigenvalue weighted by molar-refractivity contribution is 6.00. The number of alkyl halides is 3. The zero-order valence-corrected chi connectivity index (χ0v) is 24.9. The summed E-state index contributed by atoms with van der Waals surface area (Å²) in [6.07, 6.45) is -3.72. The number of halogens is 5. The summed E-state index contributed by atoms with van der Waals surface area (Å²) in [5.74, 6) is -1.99. The number of carbonyl (C=O) groups is 1. The van der Waals surface area contributed by atoms with Gasteiger partial charge in [-0.2, -0.15) is 18.3 Å². The molecule has 0 unspecified atom stereocenters. The maximum Gasteiger partial charge on any atom is 0.433 e. The number of rotatable bonds is 7. The van der Waals surface area contributed by atoms with E-state index in [1.807, 2.05) is 0 Å². The Labute approximate surface area is 256 Å². The maximum atomic E-state index is 14.3.